The number of aryl methyl sites for hydroxylation is 1. The molecule has 6 aromatic rings. The van der Waals surface area contributed by atoms with Crippen LogP contribution in [0, 0.1) is 18.8 Å². The molecular formula is C59H63BrN4O2. The fourth-order valence-corrected chi connectivity index (χ4v) is 12.1. The summed E-state index contributed by atoms with van der Waals surface area (Å²) in [4.78, 5) is 38.0. The molecule has 2 amide bonds. The van der Waals surface area contributed by atoms with Crippen LogP contribution in [0.1, 0.15) is 97.9 Å². The van der Waals surface area contributed by atoms with Gasteiger partial charge in [0.2, 0.25) is 0 Å². The second-order valence-electron chi connectivity index (χ2n) is 19.7. The van der Waals surface area contributed by atoms with Gasteiger partial charge in [-0.15, -0.1) is 0 Å². The Hall–Kier alpha value is -5.34. The second-order valence-corrected chi connectivity index (χ2v) is 20.6. The average molecular weight is 940 g/mol. The normalized spacial score (nSPS) is 22.2. The van der Waals surface area contributed by atoms with Crippen LogP contribution in [-0.4, -0.2) is 96.9 Å². The minimum absolute atomic E-state index is 0.106. The summed E-state index contributed by atoms with van der Waals surface area (Å²) in [5, 5.41) is 0. The molecule has 0 aromatic heterocycles. The Bertz CT molecular complexity index is 2550. The van der Waals surface area contributed by atoms with Crippen LogP contribution in [0.5, 0.6) is 0 Å². The molecule has 7 heteroatoms. The van der Waals surface area contributed by atoms with Crippen molar-refractivity contribution in [2.24, 2.45) is 11.8 Å². The highest BCUT2D eigenvalue weighted by Gasteiger charge is 2.40. The zero-order valence-corrected chi connectivity index (χ0v) is 39.9. The molecule has 0 spiro atoms. The van der Waals surface area contributed by atoms with Crippen molar-refractivity contribution in [1.29, 1.82) is 0 Å². The van der Waals surface area contributed by atoms with Gasteiger partial charge in [-0.25, -0.2) is 0 Å². The highest BCUT2D eigenvalue weighted by Crippen LogP contribution is 2.39. The number of likely N-dealkylation sites (tertiary alicyclic amines) is 4. The van der Waals surface area contributed by atoms with Crippen LogP contribution in [0.2, 0.25) is 0 Å². The zero-order valence-electron chi connectivity index (χ0n) is 38.4. The minimum atomic E-state index is 0.106. The van der Waals surface area contributed by atoms with Gasteiger partial charge in [0.05, 0.1) is 0 Å². The molecule has 4 atom stereocenters. The van der Waals surface area contributed by atoms with E-state index in [1.54, 1.807) is 0 Å². The molecule has 0 aliphatic carbocycles. The maximum atomic E-state index is 14.6. The van der Waals surface area contributed by atoms with Crippen LogP contribution < -0.4 is 0 Å². The molecule has 4 aliphatic rings. The van der Waals surface area contributed by atoms with Gasteiger partial charge >= 0.3 is 0 Å². The van der Waals surface area contributed by atoms with E-state index >= 15 is 0 Å². The number of hydrogen-bond acceptors (Lipinski definition) is 4. The van der Waals surface area contributed by atoms with Crippen LogP contribution in [0.3, 0.4) is 0 Å². The van der Waals surface area contributed by atoms with Gasteiger partial charge in [-0.3, -0.25) is 9.59 Å². The van der Waals surface area contributed by atoms with E-state index in [1.807, 2.05) is 30.3 Å². The summed E-state index contributed by atoms with van der Waals surface area (Å²) in [6, 6.07) is 56.0. The maximum Gasteiger partial charge on any atom is 0.253 e. The predicted octanol–water partition coefficient (Wildman–Crippen LogP) is 11.9. The van der Waals surface area contributed by atoms with E-state index in [4.69, 9.17) is 0 Å². The largest absolute Gasteiger partial charge is 0.338 e. The standard InChI is InChI=1S/C59H63BrN4O2/c1-42-17-18-51(59(66)64-39-52(56(40-64)47-15-9-4-10-16-47)36-61-31-27-45(28-32-61)43-11-5-2-6-12-43)35-55(42)48-19-21-49(22-20-48)57-41-63(58(65)50-23-25-54(60)26-24-50)38-53(57)37-62-33-29-46(30-34-62)44-13-7-3-8-14-44/h2-26,35,45-46,52-53,56-57H,27-34,36-41H2,1H3/t52-,53-,56+,57+/m0/s1. The van der Waals surface area contributed by atoms with E-state index in [1.165, 1.54) is 47.9 Å². The van der Waals surface area contributed by atoms with Crippen molar-refractivity contribution in [2.45, 2.75) is 56.3 Å². The number of rotatable bonds is 11. The van der Waals surface area contributed by atoms with Crippen molar-refractivity contribution in [3.8, 4) is 11.1 Å². The van der Waals surface area contributed by atoms with Gasteiger partial charge in [-0.05, 0) is 158 Å². The maximum absolute atomic E-state index is 14.6. The lowest BCUT2D eigenvalue weighted by molar-refractivity contribution is 0.0774. The number of benzene rings is 6. The molecule has 66 heavy (non-hydrogen) atoms. The number of hydrogen-bond donors (Lipinski definition) is 0. The van der Waals surface area contributed by atoms with Crippen molar-refractivity contribution in [2.75, 3.05) is 65.4 Å². The molecule has 4 saturated heterocycles. The van der Waals surface area contributed by atoms with Gasteiger partial charge in [-0.1, -0.05) is 137 Å². The first-order chi connectivity index (χ1) is 32.3. The first-order valence-corrected chi connectivity index (χ1v) is 25.3. The summed E-state index contributed by atoms with van der Waals surface area (Å²) < 4.78 is 0.975. The minimum Gasteiger partial charge on any atom is -0.338 e. The monoisotopic (exact) mass is 938 g/mol. The third-order valence-corrected chi connectivity index (χ3v) is 16.1. The molecule has 0 radical (unpaired) electrons. The van der Waals surface area contributed by atoms with Crippen LogP contribution in [-0.2, 0) is 0 Å². The molecule has 10 rings (SSSR count). The molecule has 0 N–H and O–H groups in total. The Morgan fingerprint density at radius 2 is 0.909 bits per heavy atom. The fraction of sp³-hybridized carbons (Fsp3) is 0.356. The van der Waals surface area contributed by atoms with E-state index in [0.29, 0.717) is 36.1 Å². The predicted molar refractivity (Wildman–Crippen MR) is 271 cm³/mol. The van der Waals surface area contributed by atoms with Crippen LogP contribution >= 0.6 is 15.9 Å². The highest BCUT2D eigenvalue weighted by molar-refractivity contribution is 9.10. The fourth-order valence-electron chi connectivity index (χ4n) is 11.8. The van der Waals surface area contributed by atoms with Gasteiger partial charge in [0.1, 0.15) is 0 Å². The van der Waals surface area contributed by atoms with Crippen molar-refractivity contribution in [3.63, 3.8) is 0 Å². The van der Waals surface area contributed by atoms with Crippen LogP contribution in [0.25, 0.3) is 11.1 Å². The topological polar surface area (TPSA) is 47.1 Å². The van der Waals surface area contributed by atoms with E-state index < -0.39 is 0 Å². The molecule has 0 unspecified atom stereocenters. The van der Waals surface area contributed by atoms with Crippen molar-refractivity contribution in [1.82, 2.24) is 19.6 Å². The third-order valence-electron chi connectivity index (χ3n) is 15.6. The number of amides is 2. The first-order valence-electron chi connectivity index (χ1n) is 24.5. The van der Waals surface area contributed by atoms with E-state index in [-0.39, 0.29) is 17.7 Å². The number of halogens is 1. The Kier molecular flexibility index (Phi) is 13.7. The zero-order chi connectivity index (χ0) is 45.0. The third kappa shape index (κ3) is 10.00. The van der Waals surface area contributed by atoms with Crippen molar-refractivity contribution < 1.29 is 9.59 Å². The summed E-state index contributed by atoms with van der Waals surface area (Å²) in [6.07, 6.45) is 4.70. The number of carbonyl (C=O) groups excluding carboxylic acids is 2. The molecule has 4 heterocycles. The van der Waals surface area contributed by atoms with Gasteiger partial charge in [-0.2, -0.15) is 0 Å². The second kappa shape index (κ2) is 20.3. The lowest BCUT2D eigenvalue weighted by Crippen LogP contribution is -2.38. The Balaban J connectivity index is 0.836. The van der Waals surface area contributed by atoms with E-state index in [0.717, 1.165) is 91.2 Å². The van der Waals surface area contributed by atoms with Gasteiger partial charge in [0.15, 0.2) is 0 Å². The first kappa shape index (κ1) is 44.5. The van der Waals surface area contributed by atoms with Gasteiger partial charge in [0.25, 0.3) is 11.8 Å². The molecule has 0 saturated carbocycles. The van der Waals surface area contributed by atoms with Crippen molar-refractivity contribution in [3.05, 3.63) is 201 Å². The number of piperidine rings is 2. The summed E-state index contributed by atoms with van der Waals surface area (Å²) in [6.45, 7) is 11.5. The molecule has 4 fully saturated rings. The Labute approximate surface area is 400 Å². The van der Waals surface area contributed by atoms with Gasteiger partial charge < -0.3 is 19.6 Å². The van der Waals surface area contributed by atoms with Gasteiger partial charge in [0, 0.05) is 66.7 Å². The number of carbonyl (C=O) groups is 2. The summed E-state index contributed by atoms with van der Waals surface area (Å²) in [5.74, 6) is 2.71. The molecular weight excluding hydrogens is 877 g/mol. The quantitative estimate of drug-likeness (QED) is 0.130. The Morgan fingerprint density at radius 3 is 1.39 bits per heavy atom. The summed E-state index contributed by atoms with van der Waals surface area (Å²) in [7, 11) is 0. The smallest absolute Gasteiger partial charge is 0.253 e. The molecule has 0 bridgehead atoms. The lowest BCUT2D eigenvalue weighted by atomic mass is 9.85. The number of nitrogens with zero attached hydrogens (tertiary/aromatic N) is 4. The molecule has 4 aliphatic heterocycles. The van der Waals surface area contributed by atoms with Crippen molar-refractivity contribution >= 4 is 27.7 Å². The molecule has 6 aromatic carbocycles. The summed E-state index contributed by atoms with van der Waals surface area (Å²) in [5.41, 5.74) is 10.4. The summed E-state index contributed by atoms with van der Waals surface area (Å²) >= 11 is 3.54. The Morgan fingerprint density at radius 1 is 0.485 bits per heavy atom. The molecule has 338 valence electrons. The average Bonchev–Trinajstić information content (AvgIpc) is 4.00. The van der Waals surface area contributed by atoms with E-state index in [2.05, 4.69) is 170 Å². The molecule has 6 nitrogen and oxygen atoms in total. The lowest BCUT2D eigenvalue weighted by Gasteiger charge is -2.35. The highest BCUT2D eigenvalue weighted by atomic mass is 79.9. The van der Waals surface area contributed by atoms with E-state index in [9.17, 15) is 9.59 Å². The van der Waals surface area contributed by atoms with Crippen LogP contribution in [0.4, 0.5) is 0 Å². The van der Waals surface area contributed by atoms with Crippen LogP contribution in [0.15, 0.2) is 162 Å². The SMILES string of the molecule is Cc1ccc(C(=O)N2C[C@H](CN3CCC(c4ccccc4)CC3)[C@@H](c3ccccc3)C2)cc1-c1ccc([C@H]2CN(C(=O)c3ccc(Br)cc3)C[C@@H]2CN2CCC(c3ccccc3)CC2)cc1.